The van der Waals surface area contributed by atoms with Gasteiger partial charge in [-0.1, -0.05) is 0 Å². The molecule has 0 aliphatic carbocycles. The number of carbonyl (C=O) groups is 2. The van der Waals surface area contributed by atoms with E-state index in [9.17, 15) is 9.59 Å². The molecule has 2 N–H and O–H groups in total. The van der Waals surface area contributed by atoms with Gasteiger partial charge in [0.2, 0.25) is 5.91 Å². The first-order chi connectivity index (χ1) is 12.0. The number of amides is 2. The topological polar surface area (TPSA) is 73.9 Å². The van der Waals surface area contributed by atoms with Gasteiger partial charge in [0.05, 0.1) is 0 Å². The van der Waals surface area contributed by atoms with Crippen molar-refractivity contribution in [1.82, 2.24) is 15.8 Å². The van der Waals surface area contributed by atoms with Crippen LogP contribution in [0.4, 0.5) is 5.69 Å². The van der Waals surface area contributed by atoms with Crippen LogP contribution in [0.15, 0.2) is 24.3 Å². The number of hydrogen-bond donors (Lipinski definition) is 2. The number of carbonyl (C=O) groups excluding carboxylic acids is 2. The molecule has 0 unspecified atom stereocenters. The zero-order chi connectivity index (χ0) is 18.2. The van der Waals surface area contributed by atoms with Crippen molar-refractivity contribution >= 4 is 34.8 Å². The zero-order valence-corrected chi connectivity index (χ0v) is 15.4. The highest BCUT2D eigenvalue weighted by molar-refractivity contribution is 7.80. The Morgan fingerprint density at radius 3 is 2.68 bits per heavy atom. The van der Waals surface area contributed by atoms with Crippen LogP contribution >= 0.6 is 12.2 Å². The second kappa shape index (κ2) is 9.33. The summed E-state index contributed by atoms with van der Waals surface area (Å²) in [6.45, 7) is 2.05. The maximum Gasteiger partial charge on any atom is 0.269 e. The van der Waals surface area contributed by atoms with E-state index in [2.05, 4.69) is 10.7 Å². The summed E-state index contributed by atoms with van der Waals surface area (Å²) < 4.78 is 4.97. The number of thiocarbonyl (C=S) groups is 1. The third kappa shape index (κ3) is 5.40. The van der Waals surface area contributed by atoms with Crippen molar-refractivity contribution in [2.75, 3.05) is 38.8 Å². The SMILES string of the molecule is COCCCNC(=S)N(C)NC(=O)c1ccc(N2CCCC2=O)cc1. The molecule has 0 atom stereocenters. The highest BCUT2D eigenvalue weighted by Crippen LogP contribution is 2.21. The Balaban J connectivity index is 1.85. The molecule has 7 nitrogen and oxygen atoms in total. The monoisotopic (exact) mass is 364 g/mol. The lowest BCUT2D eigenvalue weighted by molar-refractivity contribution is -0.117. The molecule has 1 aromatic rings. The third-order valence-corrected chi connectivity index (χ3v) is 4.31. The van der Waals surface area contributed by atoms with Gasteiger partial charge in [0.25, 0.3) is 5.91 Å². The van der Waals surface area contributed by atoms with E-state index in [4.69, 9.17) is 17.0 Å². The molecule has 1 fully saturated rings. The van der Waals surface area contributed by atoms with E-state index in [0.717, 1.165) is 25.1 Å². The second-order valence-corrected chi connectivity index (χ2v) is 6.16. The predicted octanol–water partition coefficient (Wildman–Crippen LogP) is 1.30. The van der Waals surface area contributed by atoms with Crippen molar-refractivity contribution in [3.05, 3.63) is 29.8 Å². The summed E-state index contributed by atoms with van der Waals surface area (Å²) >= 11 is 5.22. The number of ether oxygens (including phenoxy) is 1. The van der Waals surface area contributed by atoms with E-state index >= 15 is 0 Å². The normalized spacial score (nSPS) is 13.7. The van der Waals surface area contributed by atoms with E-state index in [-0.39, 0.29) is 11.8 Å². The minimum atomic E-state index is -0.261. The Morgan fingerprint density at radius 1 is 1.36 bits per heavy atom. The maximum absolute atomic E-state index is 12.3. The zero-order valence-electron chi connectivity index (χ0n) is 14.6. The molecule has 0 aromatic heterocycles. The second-order valence-electron chi connectivity index (χ2n) is 5.77. The van der Waals surface area contributed by atoms with Crippen LogP contribution < -0.4 is 15.6 Å². The van der Waals surface area contributed by atoms with Crippen LogP contribution in [0, 0.1) is 0 Å². The molecule has 1 aliphatic rings. The van der Waals surface area contributed by atoms with Gasteiger partial charge in [-0.2, -0.15) is 0 Å². The number of nitrogens with zero attached hydrogens (tertiary/aromatic N) is 2. The van der Waals surface area contributed by atoms with E-state index in [1.165, 1.54) is 5.01 Å². The summed E-state index contributed by atoms with van der Waals surface area (Å²) in [5.74, 6) is -0.135. The molecule has 1 saturated heterocycles. The molecule has 0 bridgehead atoms. The van der Waals surface area contributed by atoms with Gasteiger partial charge in [0.15, 0.2) is 5.11 Å². The molecule has 1 heterocycles. The minimum Gasteiger partial charge on any atom is -0.385 e. The van der Waals surface area contributed by atoms with Crippen LogP contribution in [0.5, 0.6) is 0 Å². The Morgan fingerprint density at radius 2 is 2.08 bits per heavy atom. The first-order valence-corrected chi connectivity index (χ1v) is 8.65. The molecule has 0 radical (unpaired) electrons. The van der Waals surface area contributed by atoms with Crippen LogP contribution in [0.2, 0.25) is 0 Å². The van der Waals surface area contributed by atoms with E-state index in [0.29, 0.717) is 30.2 Å². The molecule has 1 aromatic carbocycles. The Kier molecular flexibility index (Phi) is 7.15. The number of hydrazine groups is 1. The summed E-state index contributed by atoms with van der Waals surface area (Å²) in [6.07, 6.45) is 2.29. The number of nitrogens with one attached hydrogen (secondary N) is 2. The van der Waals surface area contributed by atoms with E-state index < -0.39 is 0 Å². The van der Waals surface area contributed by atoms with E-state index in [1.807, 2.05) is 0 Å². The van der Waals surface area contributed by atoms with Crippen LogP contribution in [0.25, 0.3) is 0 Å². The summed E-state index contributed by atoms with van der Waals surface area (Å²) in [5.41, 5.74) is 4.04. The Labute approximate surface area is 153 Å². The lowest BCUT2D eigenvalue weighted by Gasteiger charge is -2.22. The van der Waals surface area contributed by atoms with Gasteiger partial charge in [-0.05, 0) is 49.3 Å². The average molecular weight is 364 g/mol. The molecule has 136 valence electrons. The first kappa shape index (κ1) is 19.1. The number of benzene rings is 1. The lowest BCUT2D eigenvalue weighted by Crippen LogP contribution is -2.48. The molecular weight excluding hydrogens is 340 g/mol. The fraction of sp³-hybridized carbons (Fsp3) is 0.471. The molecular formula is C17H24N4O3S. The first-order valence-electron chi connectivity index (χ1n) is 8.25. The molecule has 25 heavy (non-hydrogen) atoms. The Hall–Kier alpha value is -2.19. The van der Waals surface area contributed by atoms with Gasteiger partial charge < -0.3 is 15.0 Å². The predicted molar refractivity (Wildman–Crippen MR) is 100 cm³/mol. The molecule has 0 saturated carbocycles. The number of rotatable bonds is 6. The molecule has 2 rings (SSSR count). The van der Waals surface area contributed by atoms with Gasteiger partial charge in [-0.25, -0.2) is 0 Å². The summed E-state index contributed by atoms with van der Waals surface area (Å²) in [5, 5.41) is 4.95. The van der Waals surface area contributed by atoms with Crippen molar-refractivity contribution in [3.63, 3.8) is 0 Å². The quantitative estimate of drug-likeness (QED) is 0.450. The van der Waals surface area contributed by atoms with Crippen LogP contribution in [-0.4, -0.2) is 55.8 Å². The van der Waals surface area contributed by atoms with Gasteiger partial charge in [0, 0.05) is 51.5 Å². The highest BCUT2D eigenvalue weighted by Gasteiger charge is 2.21. The van der Waals surface area contributed by atoms with Gasteiger partial charge in [0.1, 0.15) is 0 Å². The number of hydrogen-bond acceptors (Lipinski definition) is 4. The Bertz CT molecular complexity index is 621. The largest absolute Gasteiger partial charge is 0.385 e. The van der Waals surface area contributed by atoms with Crippen molar-refractivity contribution in [2.24, 2.45) is 0 Å². The van der Waals surface area contributed by atoms with Crippen molar-refractivity contribution in [1.29, 1.82) is 0 Å². The van der Waals surface area contributed by atoms with Crippen LogP contribution in [0.1, 0.15) is 29.6 Å². The third-order valence-electron chi connectivity index (χ3n) is 3.89. The van der Waals surface area contributed by atoms with Crippen molar-refractivity contribution in [3.8, 4) is 0 Å². The summed E-state index contributed by atoms with van der Waals surface area (Å²) in [4.78, 5) is 25.8. The van der Waals surface area contributed by atoms with Crippen LogP contribution in [0.3, 0.4) is 0 Å². The van der Waals surface area contributed by atoms with Gasteiger partial charge in [-0.3, -0.25) is 20.0 Å². The fourth-order valence-corrected chi connectivity index (χ4v) is 2.66. The maximum atomic E-state index is 12.3. The van der Waals surface area contributed by atoms with Crippen molar-refractivity contribution < 1.29 is 14.3 Å². The fourth-order valence-electron chi connectivity index (χ4n) is 2.51. The smallest absolute Gasteiger partial charge is 0.269 e. The molecule has 1 aliphatic heterocycles. The molecule has 0 spiro atoms. The number of methoxy groups -OCH3 is 1. The minimum absolute atomic E-state index is 0.127. The van der Waals surface area contributed by atoms with Crippen molar-refractivity contribution in [2.45, 2.75) is 19.3 Å². The highest BCUT2D eigenvalue weighted by atomic mass is 32.1. The summed E-state index contributed by atoms with van der Waals surface area (Å²) in [6, 6.07) is 7.00. The lowest BCUT2D eigenvalue weighted by atomic mass is 10.2. The molecule has 8 heteroatoms. The van der Waals surface area contributed by atoms with Crippen LogP contribution in [-0.2, 0) is 9.53 Å². The number of anilines is 1. The summed E-state index contributed by atoms with van der Waals surface area (Å²) in [7, 11) is 3.33. The van der Waals surface area contributed by atoms with Gasteiger partial charge in [-0.15, -0.1) is 0 Å². The molecule has 2 amide bonds. The standard InChI is InChI=1S/C17H24N4O3S/c1-20(17(25)18-10-4-12-24-2)19-16(23)13-6-8-14(9-7-13)21-11-3-5-15(21)22/h6-9H,3-5,10-12H2,1-2H3,(H,18,25)(H,19,23). The van der Waals surface area contributed by atoms with Gasteiger partial charge >= 0.3 is 0 Å². The average Bonchev–Trinajstić information content (AvgIpc) is 3.04. The van der Waals surface area contributed by atoms with E-state index in [1.54, 1.807) is 43.3 Å².